The van der Waals surface area contributed by atoms with Crippen LogP contribution in [0.2, 0.25) is 5.02 Å². The van der Waals surface area contributed by atoms with Gasteiger partial charge in [-0.05, 0) is 18.6 Å². The van der Waals surface area contributed by atoms with Crippen LogP contribution in [0.1, 0.15) is 12.5 Å². The molecule has 1 rings (SSSR count). The van der Waals surface area contributed by atoms with Gasteiger partial charge in [-0.1, -0.05) is 23.8 Å². The number of pyridine rings is 1. The average molecular weight is 197 g/mol. The van der Waals surface area contributed by atoms with Crippen LogP contribution in [-0.2, 0) is 6.54 Å². The van der Waals surface area contributed by atoms with Gasteiger partial charge in [0.1, 0.15) is 0 Å². The lowest BCUT2D eigenvalue weighted by atomic mass is 10.2. The van der Waals surface area contributed by atoms with Crippen molar-refractivity contribution in [3.8, 4) is 0 Å². The molecular weight excluding hydrogens is 184 g/mol. The zero-order valence-electron chi connectivity index (χ0n) is 7.68. The summed E-state index contributed by atoms with van der Waals surface area (Å²) >= 11 is 5.91. The van der Waals surface area contributed by atoms with E-state index >= 15 is 0 Å². The molecule has 0 aliphatic heterocycles. The maximum Gasteiger partial charge on any atom is 0.0634 e. The van der Waals surface area contributed by atoms with Gasteiger partial charge in [0.2, 0.25) is 0 Å². The largest absolute Gasteiger partial charge is 0.309 e. The van der Waals surface area contributed by atoms with E-state index in [-0.39, 0.29) is 0 Å². The van der Waals surface area contributed by atoms with Gasteiger partial charge in [-0.15, -0.1) is 0 Å². The van der Waals surface area contributed by atoms with E-state index < -0.39 is 0 Å². The first-order chi connectivity index (χ1) is 6.20. The standard InChI is InChI=1S/C10H13ClN2/c1-8(2)5-13-6-9-3-4-12-7-10(9)11/h3-4,7,13H,1,5-6H2,2H3. The van der Waals surface area contributed by atoms with Crippen molar-refractivity contribution in [1.29, 1.82) is 0 Å². The van der Waals surface area contributed by atoms with Gasteiger partial charge in [-0.2, -0.15) is 0 Å². The lowest BCUT2D eigenvalue weighted by Crippen LogP contribution is -2.15. The molecule has 0 saturated heterocycles. The minimum atomic E-state index is 0.705. The van der Waals surface area contributed by atoms with E-state index in [0.29, 0.717) is 5.02 Å². The maximum absolute atomic E-state index is 5.91. The SMILES string of the molecule is C=C(C)CNCc1ccncc1Cl. The molecule has 0 spiro atoms. The highest BCUT2D eigenvalue weighted by molar-refractivity contribution is 6.31. The van der Waals surface area contributed by atoms with Crippen molar-refractivity contribution >= 4 is 11.6 Å². The Kier molecular flexibility index (Phi) is 3.93. The van der Waals surface area contributed by atoms with Gasteiger partial charge < -0.3 is 5.32 Å². The van der Waals surface area contributed by atoms with Crippen molar-refractivity contribution in [3.05, 3.63) is 41.2 Å². The van der Waals surface area contributed by atoms with E-state index in [4.69, 9.17) is 11.6 Å². The minimum absolute atomic E-state index is 0.705. The first-order valence-corrected chi connectivity index (χ1v) is 4.51. The van der Waals surface area contributed by atoms with Crippen LogP contribution in [0.25, 0.3) is 0 Å². The van der Waals surface area contributed by atoms with Crippen LogP contribution in [0.5, 0.6) is 0 Å². The molecule has 3 heteroatoms. The molecule has 0 aromatic carbocycles. The second kappa shape index (κ2) is 5.00. The fourth-order valence-corrected chi connectivity index (χ4v) is 1.14. The van der Waals surface area contributed by atoms with E-state index in [1.165, 1.54) is 0 Å². The Labute approximate surface area is 83.6 Å². The topological polar surface area (TPSA) is 24.9 Å². The normalized spacial score (nSPS) is 10.0. The van der Waals surface area contributed by atoms with Crippen molar-refractivity contribution in [1.82, 2.24) is 10.3 Å². The summed E-state index contributed by atoms with van der Waals surface area (Å²) in [5, 5.41) is 3.94. The van der Waals surface area contributed by atoms with E-state index in [1.54, 1.807) is 12.4 Å². The molecule has 70 valence electrons. The number of hydrogen-bond donors (Lipinski definition) is 1. The smallest absolute Gasteiger partial charge is 0.0634 e. The minimum Gasteiger partial charge on any atom is -0.309 e. The fraction of sp³-hybridized carbons (Fsp3) is 0.300. The van der Waals surface area contributed by atoms with Crippen molar-refractivity contribution in [2.75, 3.05) is 6.54 Å². The zero-order chi connectivity index (χ0) is 9.68. The molecule has 0 radical (unpaired) electrons. The highest BCUT2D eigenvalue weighted by atomic mass is 35.5. The van der Waals surface area contributed by atoms with Crippen molar-refractivity contribution in [2.45, 2.75) is 13.5 Å². The highest BCUT2D eigenvalue weighted by Gasteiger charge is 1.97. The summed E-state index contributed by atoms with van der Waals surface area (Å²) in [5.74, 6) is 0. The van der Waals surface area contributed by atoms with Crippen molar-refractivity contribution < 1.29 is 0 Å². The number of halogens is 1. The summed E-state index contributed by atoms with van der Waals surface area (Å²) in [6, 6.07) is 1.91. The molecule has 0 saturated carbocycles. The monoisotopic (exact) mass is 196 g/mol. The number of hydrogen-bond acceptors (Lipinski definition) is 2. The predicted molar refractivity (Wildman–Crippen MR) is 55.8 cm³/mol. The summed E-state index contributed by atoms with van der Waals surface area (Å²) in [7, 11) is 0. The Balaban J connectivity index is 2.45. The van der Waals surface area contributed by atoms with Crippen LogP contribution in [0.15, 0.2) is 30.6 Å². The van der Waals surface area contributed by atoms with E-state index in [0.717, 1.165) is 24.2 Å². The maximum atomic E-state index is 5.91. The average Bonchev–Trinajstić information content (AvgIpc) is 2.08. The molecule has 1 aromatic heterocycles. The van der Waals surface area contributed by atoms with E-state index in [2.05, 4.69) is 16.9 Å². The number of aromatic nitrogens is 1. The Hall–Kier alpha value is -0.860. The molecule has 13 heavy (non-hydrogen) atoms. The predicted octanol–water partition coefficient (Wildman–Crippen LogP) is 2.40. The van der Waals surface area contributed by atoms with Crippen LogP contribution >= 0.6 is 11.6 Å². The molecule has 1 aromatic rings. The number of nitrogens with one attached hydrogen (secondary N) is 1. The van der Waals surface area contributed by atoms with Gasteiger partial charge in [0.05, 0.1) is 5.02 Å². The van der Waals surface area contributed by atoms with Gasteiger partial charge in [0.25, 0.3) is 0 Å². The first kappa shape index (κ1) is 10.2. The molecule has 0 amide bonds. The second-order valence-electron chi connectivity index (χ2n) is 3.03. The Morgan fingerprint density at radius 2 is 2.46 bits per heavy atom. The first-order valence-electron chi connectivity index (χ1n) is 4.13. The van der Waals surface area contributed by atoms with E-state index in [9.17, 15) is 0 Å². The Bertz CT molecular complexity index is 297. The van der Waals surface area contributed by atoms with Crippen LogP contribution < -0.4 is 5.32 Å². The van der Waals surface area contributed by atoms with Crippen LogP contribution in [-0.4, -0.2) is 11.5 Å². The highest BCUT2D eigenvalue weighted by Crippen LogP contribution is 2.12. The Morgan fingerprint density at radius 3 is 3.08 bits per heavy atom. The summed E-state index contributed by atoms with van der Waals surface area (Å²) in [6.45, 7) is 7.36. The van der Waals surface area contributed by atoms with Crippen molar-refractivity contribution in [3.63, 3.8) is 0 Å². The van der Waals surface area contributed by atoms with Gasteiger partial charge >= 0.3 is 0 Å². The van der Waals surface area contributed by atoms with E-state index in [1.807, 2.05) is 13.0 Å². The molecule has 0 atom stereocenters. The molecule has 0 bridgehead atoms. The zero-order valence-corrected chi connectivity index (χ0v) is 8.43. The molecule has 2 nitrogen and oxygen atoms in total. The van der Waals surface area contributed by atoms with Crippen LogP contribution in [0.3, 0.4) is 0 Å². The van der Waals surface area contributed by atoms with Gasteiger partial charge in [-0.3, -0.25) is 4.98 Å². The molecule has 1 heterocycles. The molecule has 0 fully saturated rings. The van der Waals surface area contributed by atoms with Gasteiger partial charge in [0, 0.05) is 25.5 Å². The third-order valence-electron chi connectivity index (χ3n) is 1.60. The molecular formula is C10H13ClN2. The lowest BCUT2D eigenvalue weighted by molar-refractivity contribution is 0.740. The molecule has 0 aliphatic carbocycles. The van der Waals surface area contributed by atoms with Crippen molar-refractivity contribution in [2.24, 2.45) is 0 Å². The summed E-state index contributed by atoms with van der Waals surface area (Å²) in [5.41, 5.74) is 2.18. The van der Waals surface area contributed by atoms with Crippen LogP contribution in [0, 0.1) is 0 Å². The third kappa shape index (κ3) is 3.57. The summed E-state index contributed by atoms with van der Waals surface area (Å²) < 4.78 is 0. The third-order valence-corrected chi connectivity index (χ3v) is 1.94. The van der Waals surface area contributed by atoms with Crippen LogP contribution in [0.4, 0.5) is 0 Å². The molecule has 0 aliphatic rings. The quantitative estimate of drug-likeness (QED) is 0.749. The van der Waals surface area contributed by atoms with Gasteiger partial charge in [0.15, 0.2) is 0 Å². The fourth-order valence-electron chi connectivity index (χ4n) is 0.958. The number of nitrogens with zero attached hydrogens (tertiary/aromatic N) is 1. The lowest BCUT2D eigenvalue weighted by Gasteiger charge is -2.05. The summed E-state index contributed by atoms with van der Waals surface area (Å²) in [4.78, 5) is 3.91. The summed E-state index contributed by atoms with van der Waals surface area (Å²) in [6.07, 6.45) is 3.39. The number of rotatable bonds is 4. The Morgan fingerprint density at radius 1 is 1.69 bits per heavy atom. The van der Waals surface area contributed by atoms with Gasteiger partial charge in [-0.25, -0.2) is 0 Å². The molecule has 1 N–H and O–H groups in total. The second-order valence-corrected chi connectivity index (χ2v) is 3.43. The molecule has 0 unspecified atom stereocenters.